The molecule has 2 rings (SSSR count). The maximum absolute atomic E-state index is 11.6. The van der Waals surface area contributed by atoms with Gasteiger partial charge in [-0.05, 0) is 51.0 Å². The number of rotatable bonds is 3. The summed E-state index contributed by atoms with van der Waals surface area (Å²) in [5, 5.41) is 10.5. The van der Waals surface area contributed by atoms with Crippen molar-refractivity contribution in [2.75, 3.05) is 7.11 Å². The number of carbonyl (C=O) groups is 1. The zero-order chi connectivity index (χ0) is 15.2. The van der Waals surface area contributed by atoms with Gasteiger partial charge in [0.15, 0.2) is 0 Å². The highest BCUT2D eigenvalue weighted by Gasteiger charge is 2.35. The van der Waals surface area contributed by atoms with Gasteiger partial charge in [0.25, 0.3) is 0 Å². The van der Waals surface area contributed by atoms with Gasteiger partial charge in [0.2, 0.25) is 0 Å². The van der Waals surface area contributed by atoms with Crippen molar-refractivity contribution in [2.45, 2.75) is 33.1 Å². The molecule has 4 heteroatoms. The van der Waals surface area contributed by atoms with E-state index in [1.54, 1.807) is 21.0 Å². The Morgan fingerprint density at radius 2 is 1.90 bits per heavy atom. The van der Waals surface area contributed by atoms with Crippen LogP contribution in [-0.2, 0) is 17.3 Å². The molecule has 0 saturated carbocycles. The molecule has 1 heterocycles. The minimum atomic E-state index is -0.942. The predicted octanol–water partition coefficient (Wildman–Crippen LogP) is 3.17. The Labute approximate surface area is 119 Å². The summed E-state index contributed by atoms with van der Waals surface area (Å²) in [7, 11) is 3.59. The molecule has 1 aromatic heterocycles. The zero-order valence-corrected chi connectivity index (χ0v) is 12.9. The van der Waals surface area contributed by atoms with Crippen molar-refractivity contribution >= 4 is 16.9 Å². The summed E-state index contributed by atoms with van der Waals surface area (Å²) in [5.74, 6) is -0.0726. The molecular formula is C16H21NO3. The standard InChI is InChI=1S/C16H21NO3/c1-9-7-11(20-6)8-12-13(16(3,4)15(18)19)10(2)17(5)14(9)12/h7-8H,1-6H3,(H,18,19). The first-order valence-electron chi connectivity index (χ1n) is 6.59. The highest BCUT2D eigenvalue weighted by molar-refractivity contribution is 5.95. The third-order valence-corrected chi connectivity index (χ3v) is 4.14. The third-order valence-electron chi connectivity index (χ3n) is 4.14. The number of fused-ring (bicyclic) bond motifs is 1. The quantitative estimate of drug-likeness (QED) is 0.936. The molecule has 0 aliphatic carbocycles. The second-order valence-corrected chi connectivity index (χ2v) is 5.79. The fraction of sp³-hybridized carbons (Fsp3) is 0.438. The molecule has 20 heavy (non-hydrogen) atoms. The fourth-order valence-electron chi connectivity index (χ4n) is 2.93. The van der Waals surface area contributed by atoms with Gasteiger partial charge in [-0.3, -0.25) is 4.79 Å². The molecule has 0 amide bonds. The molecule has 0 bridgehead atoms. The average molecular weight is 275 g/mol. The minimum absolute atomic E-state index is 0.753. The molecule has 4 nitrogen and oxygen atoms in total. The van der Waals surface area contributed by atoms with E-state index in [9.17, 15) is 9.90 Å². The van der Waals surface area contributed by atoms with Gasteiger partial charge in [-0.15, -0.1) is 0 Å². The summed E-state index contributed by atoms with van der Waals surface area (Å²) < 4.78 is 7.38. The van der Waals surface area contributed by atoms with E-state index < -0.39 is 11.4 Å². The van der Waals surface area contributed by atoms with Gasteiger partial charge in [0.1, 0.15) is 5.75 Å². The van der Waals surface area contributed by atoms with Crippen LogP contribution in [0.4, 0.5) is 0 Å². The third kappa shape index (κ3) is 1.87. The lowest BCUT2D eigenvalue weighted by Crippen LogP contribution is -2.29. The summed E-state index contributed by atoms with van der Waals surface area (Å²) in [5.41, 5.74) is 3.03. The van der Waals surface area contributed by atoms with Crippen LogP contribution in [0.15, 0.2) is 12.1 Å². The smallest absolute Gasteiger partial charge is 0.313 e. The molecule has 0 spiro atoms. The molecule has 0 saturated heterocycles. The van der Waals surface area contributed by atoms with E-state index in [1.165, 1.54) is 0 Å². The lowest BCUT2D eigenvalue weighted by atomic mass is 9.82. The maximum atomic E-state index is 11.6. The van der Waals surface area contributed by atoms with E-state index in [1.807, 2.05) is 33.0 Å². The summed E-state index contributed by atoms with van der Waals surface area (Å²) in [4.78, 5) is 11.6. The molecule has 2 aromatic rings. The van der Waals surface area contributed by atoms with Gasteiger partial charge in [0, 0.05) is 18.1 Å². The number of aliphatic carboxylic acids is 1. The second-order valence-electron chi connectivity index (χ2n) is 5.79. The number of ether oxygens (including phenoxy) is 1. The van der Waals surface area contributed by atoms with Crippen LogP contribution in [0, 0.1) is 13.8 Å². The SMILES string of the molecule is COc1cc(C)c2c(c1)c(C(C)(C)C(=O)O)c(C)n2C. The lowest BCUT2D eigenvalue weighted by molar-refractivity contribution is -0.142. The Bertz CT molecular complexity index is 696. The van der Waals surface area contributed by atoms with Crippen molar-refractivity contribution in [3.8, 4) is 5.75 Å². The van der Waals surface area contributed by atoms with E-state index in [2.05, 4.69) is 4.57 Å². The maximum Gasteiger partial charge on any atom is 0.313 e. The van der Waals surface area contributed by atoms with Gasteiger partial charge >= 0.3 is 5.97 Å². The first-order valence-corrected chi connectivity index (χ1v) is 6.59. The Hall–Kier alpha value is -1.97. The zero-order valence-electron chi connectivity index (χ0n) is 12.9. The van der Waals surface area contributed by atoms with E-state index in [0.29, 0.717) is 0 Å². The van der Waals surface area contributed by atoms with Crippen LogP contribution < -0.4 is 4.74 Å². The number of aryl methyl sites for hydroxylation is 2. The summed E-state index contributed by atoms with van der Waals surface area (Å²) in [6.07, 6.45) is 0. The first-order chi connectivity index (χ1) is 9.21. The van der Waals surface area contributed by atoms with Crippen LogP contribution >= 0.6 is 0 Å². The monoisotopic (exact) mass is 275 g/mol. The topological polar surface area (TPSA) is 51.5 Å². The predicted molar refractivity (Wildman–Crippen MR) is 79.6 cm³/mol. The van der Waals surface area contributed by atoms with Gasteiger partial charge in [-0.1, -0.05) is 0 Å². The Balaban J connectivity index is 2.95. The normalized spacial score (nSPS) is 11.9. The molecule has 0 radical (unpaired) electrons. The number of nitrogens with zero attached hydrogens (tertiary/aromatic N) is 1. The second kappa shape index (κ2) is 4.54. The van der Waals surface area contributed by atoms with Crippen LogP contribution in [0.5, 0.6) is 5.75 Å². The van der Waals surface area contributed by atoms with Crippen LogP contribution in [0.3, 0.4) is 0 Å². The molecule has 108 valence electrons. The number of hydrogen-bond acceptors (Lipinski definition) is 2. The summed E-state index contributed by atoms with van der Waals surface area (Å²) in [6, 6.07) is 3.90. The fourth-order valence-corrected chi connectivity index (χ4v) is 2.93. The average Bonchev–Trinajstić information content (AvgIpc) is 2.62. The molecule has 0 fully saturated rings. The Kier molecular flexibility index (Phi) is 3.28. The van der Waals surface area contributed by atoms with E-state index in [-0.39, 0.29) is 0 Å². The number of carboxylic acids is 1. The van der Waals surface area contributed by atoms with E-state index in [0.717, 1.165) is 33.5 Å². The van der Waals surface area contributed by atoms with Gasteiger partial charge < -0.3 is 14.4 Å². The molecule has 0 unspecified atom stereocenters. The number of benzene rings is 1. The van der Waals surface area contributed by atoms with Crippen molar-refractivity contribution in [3.63, 3.8) is 0 Å². The first kappa shape index (κ1) is 14.4. The highest BCUT2D eigenvalue weighted by Crippen LogP contribution is 2.38. The van der Waals surface area contributed by atoms with Crippen LogP contribution in [0.1, 0.15) is 30.7 Å². The van der Waals surface area contributed by atoms with Gasteiger partial charge in [-0.2, -0.15) is 0 Å². The summed E-state index contributed by atoms with van der Waals surface area (Å²) in [6.45, 7) is 7.46. The van der Waals surface area contributed by atoms with Crippen molar-refractivity contribution in [2.24, 2.45) is 7.05 Å². The van der Waals surface area contributed by atoms with E-state index in [4.69, 9.17) is 4.74 Å². The Morgan fingerprint density at radius 3 is 2.40 bits per heavy atom. The van der Waals surface area contributed by atoms with Gasteiger partial charge in [-0.25, -0.2) is 0 Å². The number of hydrogen-bond donors (Lipinski definition) is 1. The molecule has 1 N–H and O–H groups in total. The van der Waals surface area contributed by atoms with Crippen molar-refractivity contribution in [1.29, 1.82) is 0 Å². The number of methoxy groups -OCH3 is 1. The van der Waals surface area contributed by atoms with Crippen molar-refractivity contribution in [1.82, 2.24) is 4.57 Å². The number of aromatic nitrogens is 1. The molecular weight excluding hydrogens is 254 g/mol. The Morgan fingerprint density at radius 1 is 1.30 bits per heavy atom. The van der Waals surface area contributed by atoms with Crippen LogP contribution in [0.2, 0.25) is 0 Å². The lowest BCUT2D eigenvalue weighted by Gasteiger charge is -2.20. The molecule has 0 atom stereocenters. The summed E-state index contributed by atoms with van der Waals surface area (Å²) >= 11 is 0. The largest absolute Gasteiger partial charge is 0.497 e. The van der Waals surface area contributed by atoms with Crippen molar-refractivity contribution in [3.05, 3.63) is 29.0 Å². The van der Waals surface area contributed by atoms with Crippen LogP contribution in [0.25, 0.3) is 10.9 Å². The molecule has 0 aliphatic rings. The van der Waals surface area contributed by atoms with Crippen molar-refractivity contribution < 1.29 is 14.6 Å². The van der Waals surface area contributed by atoms with E-state index >= 15 is 0 Å². The molecule has 1 aromatic carbocycles. The van der Waals surface area contributed by atoms with Crippen LogP contribution in [-0.4, -0.2) is 22.8 Å². The minimum Gasteiger partial charge on any atom is -0.497 e. The van der Waals surface area contributed by atoms with Gasteiger partial charge in [0.05, 0.1) is 18.0 Å². The highest BCUT2D eigenvalue weighted by atomic mass is 16.5. The molecule has 0 aliphatic heterocycles. The number of carboxylic acid groups (broad SMARTS) is 1.